The van der Waals surface area contributed by atoms with E-state index in [2.05, 4.69) is 22.3 Å². The summed E-state index contributed by atoms with van der Waals surface area (Å²) < 4.78 is 20.0. The van der Waals surface area contributed by atoms with E-state index in [-0.39, 0.29) is 5.82 Å². The normalized spacial score (nSPS) is 20.7. The number of hydrazine groups is 1. The summed E-state index contributed by atoms with van der Waals surface area (Å²) >= 11 is 0. The zero-order valence-electron chi connectivity index (χ0n) is 15.9. The Labute approximate surface area is 169 Å². The molecule has 148 valence electrons. The van der Waals surface area contributed by atoms with Crippen LogP contribution in [0.15, 0.2) is 78.0 Å². The molecule has 5 rings (SSSR count). The van der Waals surface area contributed by atoms with Gasteiger partial charge in [0.25, 0.3) is 0 Å². The van der Waals surface area contributed by atoms with Crippen LogP contribution in [-0.2, 0) is 4.74 Å². The lowest BCUT2D eigenvalue weighted by Crippen LogP contribution is -2.45. The van der Waals surface area contributed by atoms with Gasteiger partial charge in [0.05, 0.1) is 18.9 Å². The predicted molar refractivity (Wildman–Crippen MR) is 113 cm³/mol. The van der Waals surface area contributed by atoms with Gasteiger partial charge in [-0.25, -0.2) is 19.4 Å². The van der Waals surface area contributed by atoms with Crippen molar-refractivity contribution in [2.24, 2.45) is 4.99 Å². The van der Waals surface area contributed by atoms with E-state index >= 15 is 0 Å². The van der Waals surface area contributed by atoms with Crippen LogP contribution >= 0.6 is 0 Å². The molecule has 2 aromatic carbocycles. The molecule has 3 heterocycles. The minimum atomic E-state index is -0.455. The number of hydrogen-bond acceptors (Lipinski definition) is 6. The second-order valence-corrected chi connectivity index (χ2v) is 6.99. The van der Waals surface area contributed by atoms with Crippen LogP contribution in [0.25, 0.3) is 0 Å². The van der Waals surface area contributed by atoms with Crippen molar-refractivity contribution in [3.63, 3.8) is 0 Å². The summed E-state index contributed by atoms with van der Waals surface area (Å²) in [7, 11) is 0. The van der Waals surface area contributed by atoms with Gasteiger partial charge in [-0.2, -0.15) is 0 Å². The minimum Gasteiger partial charge on any atom is -0.378 e. The fraction of sp³-hybridized carbons (Fsp3) is 0.227. The fourth-order valence-electron chi connectivity index (χ4n) is 3.73. The van der Waals surface area contributed by atoms with E-state index in [1.54, 1.807) is 12.1 Å². The van der Waals surface area contributed by atoms with Crippen LogP contribution in [-0.4, -0.2) is 43.4 Å². The highest BCUT2D eigenvalue weighted by molar-refractivity contribution is 5.98. The number of benzene rings is 2. The molecule has 0 bridgehead atoms. The summed E-state index contributed by atoms with van der Waals surface area (Å²) in [5.74, 6) is 0.472. The van der Waals surface area contributed by atoms with Gasteiger partial charge in [0, 0.05) is 30.7 Å². The van der Waals surface area contributed by atoms with Gasteiger partial charge in [0.2, 0.25) is 6.29 Å². The Morgan fingerprint density at radius 2 is 1.79 bits per heavy atom. The highest BCUT2D eigenvalue weighted by Gasteiger charge is 2.34. The first-order valence-corrected chi connectivity index (χ1v) is 9.74. The first-order valence-electron chi connectivity index (χ1n) is 9.74. The molecular formula is C22H22FN5O. The summed E-state index contributed by atoms with van der Waals surface area (Å²) in [5.41, 5.74) is 2.56. The molecule has 0 radical (unpaired) electrons. The number of hydrogen-bond donors (Lipinski definition) is 1. The fourth-order valence-corrected chi connectivity index (χ4v) is 3.73. The zero-order valence-corrected chi connectivity index (χ0v) is 15.9. The Bertz CT molecular complexity index is 965. The molecular weight excluding hydrogens is 369 g/mol. The maximum atomic E-state index is 14.6. The number of allylic oxidation sites excluding steroid dienone is 2. The molecule has 1 atom stereocenters. The van der Waals surface area contributed by atoms with Crippen molar-refractivity contribution in [3.05, 3.63) is 78.8 Å². The summed E-state index contributed by atoms with van der Waals surface area (Å²) in [6, 6.07) is 15.0. The van der Waals surface area contributed by atoms with Gasteiger partial charge in [0.1, 0.15) is 5.82 Å². The van der Waals surface area contributed by atoms with Gasteiger partial charge in [-0.05, 0) is 48.6 Å². The minimum absolute atomic E-state index is 0.290. The zero-order chi connectivity index (χ0) is 19.6. The topological polar surface area (TPSA) is 43.3 Å². The third-order valence-electron chi connectivity index (χ3n) is 5.18. The first-order chi connectivity index (χ1) is 14.3. The second-order valence-electron chi connectivity index (χ2n) is 6.99. The number of para-hydroxylation sites is 1. The molecule has 0 aromatic heterocycles. The van der Waals surface area contributed by atoms with Crippen LogP contribution in [0.4, 0.5) is 21.5 Å². The van der Waals surface area contributed by atoms with Crippen LogP contribution in [0, 0.1) is 5.82 Å². The molecule has 1 saturated heterocycles. The van der Waals surface area contributed by atoms with Crippen LogP contribution in [0.5, 0.6) is 0 Å². The molecule has 1 N–H and O–H groups in total. The van der Waals surface area contributed by atoms with Gasteiger partial charge in [-0.1, -0.05) is 18.2 Å². The Hall–Kier alpha value is -3.32. The van der Waals surface area contributed by atoms with Gasteiger partial charge in [-0.3, -0.25) is 0 Å². The van der Waals surface area contributed by atoms with E-state index in [1.165, 1.54) is 11.8 Å². The van der Waals surface area contributed by atoms with Crippen LogP contribution in [0.3, 0.4) is 0 Å². The number of halogens is 1. The molecule has 0 spiro atoms. The average molecular weight is 391 g/mol. The maximum Gasteiger partial charge on any atom is 0.217 e. The van der Waals surface area contributed by atoms with E-state index in [0.717, 1.165) is 37.8 Å². The highest BCUT2D eigenvalue weighted by Crippen LogP contribution is 2.30. The molecule has 0 saturated carbocycles. The first kappa shape index (κ1) is 17.8. The molecule has 1 fully saturated rings. The van der Waals surface area contributed by atoms with Crippen molar-refractivity contribution in [1.29, 1.82) is 0 Å². The molecule has 0 amide bonds. The van der Waals surface area contributed by atoms with Gasteiger partial charge in [0.15, 0.2) is 5.84 Å². The van der Waals surface area contributed by atoms with E-state index in [9.17, 15) is 4.39 Å². The van der Waals surface area contributed by atoms with Crippen molar-refractivity contribution in [2.45, 2.75) is 6.29 Å². The maximum absolute atomic E-state index is 14.6. The quantitative estimate of drug-likeness (QED) is 0.863. The Kier molecular flexibility index (Phi) is 4.65. The number of morpholine rings is 1. The number of rotatable bonds is 4. The molecule has 7 heteroatoms. The van der Waals surface area contributed by atoms with Crippen molar-refractivity contribution < 1.29 is 9.13 Å². The predicted octanol–water partition coefficient (Wildman–Crippen LogP) is 3.58. The van der Waals surface area contributed by atoms with Gasteiger partial charge in [-0.15, -0.1) is 0 Å². The summed E-state index contributed by atoms with van der Waals surface area (Å²) in [5, 5.41) is 7.10. The largest absolute Gasteiger partial charge is 0.378 e. The van der Waals surface area contributed by atoms with E-state index in [0.29, 0.717) is 5.69 Å². The monoisotopic (exact) mass is 391 g/mol. The van der Waals surface area contributed by atoms with Gasteiger partial charge >= 0.3 is 0 Å². The smallest absolute Gasteiger partial charge is 0.217 e. The molecule has 3 aliphatic rings. The molecule has 2 aromatic rings. The van der Waals surface area contributed by atoms with Crippen molar-refractivity contribution >= 4 is 22.9 Å². The lowest BCUT2D eigenvalue weighted by atomic mass is 10.2. The number of anilines is 3. The van der Waals surface area contributed by atoms with E-state index < -0.39 is 6.29 Å². The van der Waals surface area contributed by atoms with Crippen LogP contribution in [0.1, 0.15) is 0 Å². The number of aliphatic imine (C=N–C) groups is 1. The Morgan fingerprint density at radius 1 is 1.00 bits per heavy atom. The van der Waals surface area contributed by atoms with Crippen molar-refractivity contribution in [2.75, 3.05) is 41.5 Å². The number of ether oxygens (including phenoxy) is 1. The van der Waals surface area contributed by atoms with Crippen LogP contribution in [0.2, 0.25) is 0 Å². The lowest BCUT2D eigenvalue weighted by molar-refractivity contribution is 0.122. The highest BCUT2D eigenvalue weighted by atomic mass is 19.1. The van der Waals surface area contributed by atoms with E-state index in [4.69, 9.17) is 9.73 Å². The summed E-state index contributed by atoms with van der Waals surface area (Å²) in [6.07, 6.45) is 7.18. The summed E-state index contributed by atoms with van der Waals surface area (Å²) in [4.78, 5) is 7.05. The van der Waals surface area contributed by atoms with E-state index in [1.807, 2.05) is 52.6 Å². The SMILES string of the molecule is Fc1ccccc1N1C(Nc2ccc(N3CCOCC3)cc2)N=C2C=CC=CN21. The lowest BCUT2D eigenvalue weighted by Gasteiger charge is -2.34. The third-order valence-corrected chi connectivity index (χ3v) is 5.18. The average Bonchev–Trinajstić information content (AvgIpc) is 3.13. The standard InChI is InChI=1S/C22H22FN5O/c23-19-5-1-2-6-20(19)28-22(25-21-7-3-4-12-27(21)28)24-17-8-10-18(11-9-17)26-13-15-29-16-14-26/h1-12,22,24H,13-16H2. The Balaban J connectivity index is 1.40. The number of nitrogens with zero attached hydrogens (tertiary/aromatic N) is 4. The number of amidine groups is 1. The molecule has 3 aliphatic heterocycles. The van der Waals surface area contributed by atoms with Crippen molar-refractivity contribution in [3.8, 4) is 0 Å². The summed E-state index contributed by atoms with van der Waals surface area (Å²) in [6.45, 7) is 3.32. The van der Waals surface area contributed by atoms with Crippen molar-refractivity contribution in [1.82, 2.24) is 5.01 Å². The number of fused-ring (bicyclic) bond motifs is 1. The number of nitrogens with one attached hydrogen (secondary N) is 1. The molecule has 29 heavy (non-hydrogen) atoms. The molecule has 0 aliphatic carbocycles. The van der Waals surface area contributed by atoms with Gasteiger partial charge < -0.3 is 15.0 Å². The molecule has 1 unspecified atom stereocenters. The Morgan fingerprint density at radius 3 is 2.59 bits per heavy atom. The second kappa shape index (κ2) is 7.60. The molecule has 6 nitrogen and oxygen atoms in total. The van der Waals surface area contributed by atoms with Crippen LogP contribution < -0.4 is 15.2 Å². The third kappa shape index (κ3) is 3.45.